The number of aromatic nitrogens is 2. The van der Waals surface area contributed by atoms with Gasteiger partial charge in [-0.25, -0.2) is 4.98 Å². The maximum absolute atomic E-state index is 14.0. The van der Waals surface area contributed by atoms with Crippen LogP contribution >= 0.6 is 0 Å². The number of alkyl halides is 3. The molecular weight excluding hydrogens is 493 g/mol. The van der Waals surface area contributed by atoms with E-state index in [0.29, 0.717) is 44.8 Å². The van der Waals surface area contributed by atoms with Crippen LogP contribution in [0.5, 0.6) is 0 Å². The van der Waals surface area contributed by atoms with Crippen molar-refractivity contribution in [1.82, 2.24) is 14.9 Å². The van der Waals surface area contributed by atoms with E-state index in [1.807, 2.05) is 21.9 Å². The van der Waals surface area contributed by atoms with Crippen molar-refractivity contribution in [3.8, 4) is 0 Å². The van der Waals surface area contributed by atoms with Gasteiger partial charge in [0.25, 0.3) is 0 Å². The zero-order valence-electron chi connectivity index (χ0n) is 20.9. The highest BCUT2D eigenvalue weighted by atomic mass is 19.4. The molecule has 3 aromatic rings. The van der Waals surface area contributed by atoms with E-state index in [4.69, 9.17) is 0 Å². The summed E-state index contributed by atoms with van der Waals surface area (Å²) in [5, 5.41) is 0. The van der Waals surface area contributed by atoms with Crippen LogP contribution in [-0.4, -0.2) is 72.6 Å². The van der Waals surface area contributed by atoms with Crippen molar-refractivity contribution in [2.75, 3.05) is 60.5 Å². The maximum Gasteiger partial charge on any atom is 0.416 e. The first-order chi connectivity index (χ1) is 18.4. The molecular formula is C28H29F3N6O. The zero-order chi connectivity index (χ0) is 26.3. The van der Waals surface area contributed by atoms with Gasteiger partial charge in [-0.2, -0.15) is 13.2 Å². The Morgan fingerprint density at radius 3 is 2.45 bits per heavy atom. The summed E-state index contributed by atoms with van der Waals surface area (Å²) in [6, 6.07) is 13.7. The number of halogens is 3. The third-order valence-corrected chi connectivity index (χ3v) is 7.94. The van der Waals surface area contributed by atoms with Crippen LogP contribution in [0, 0.1) is 5.92 Å². The Kier molecular flexibility index (Phi) is 6.33. The van der Waals surface area contributed by atoms with Gasteiger partial charge in [-0.3, -0.25) is 9.78 Å². The predicted molar refractivity (Wildman–Crippen MR) is 139 cm³/mol. The molecule has 3 aliphatic rings. The van der Waals surface area contributed by atoms with Gasteiger partial charge in [0.1, 0.15) is 5.82 Å². The monoisotopic (exact) mass is 522 g/mol. The molecule has 0 N–H and O–H groups in total. The van der Waals surface area contributed by atoms with Crippen LogP contribution < -0.4 is 14.7 Å². The molecule has 2 saturated heterocycles. The molecule has 7 nitrogen and oxygen atoms in total. The summed E-state index contributed by atoms with van der Waals surface area (Å²) in [5.41, 5.74) is 2.25. The lowest BCUT2D eigenvalue weighted by Crippen LogP contribution is -2.62. The molecule has 0 saturated carbocycles. The van der Waals surface area contributed by atoms with E-state index in [9.17, 15) is 18.0 Å². The molecule has 0 bridgehead atoms. The number of benzene rings is 2. The van der Waals surface area contributed by atoms with E-state index in [0.717, 1.165) is 25.0 Å². The van der Waals surface area contributed by atoms with Crippen molar-refractivity contribution in [3.05, 3.63) is 78.2 Å². The van der Waals surface area contributed by atoms with Gasteiger partial charge in [-0.05, 0) is 36.2 Å². The number of carbonyl (C=O) groups excluding carboxylic acids is 1. The third-order valence-electron chi connectivity index (χ3n) is 7.94. The summed E-state index contributed by atoms with van der Waals surface area (Å²) in [6.07, 6.45) is 1.39. The lowest BCUT2D eigenvalue weighted by molar-refractivity contribution is -0.137. The molecule has 1 amide bonds. The summed E-state index contributed by atoms with van der Waals surface area (Å²) in [7, 11) is 0. The van der Waals surface area contributed by atoms with Crippen LogP contribution in [0.25, 0.3) is 0 Å². The molecule has 198 valence electrons. The number of rotatable bonds is 3. The summed E-state index contributed by atoms with van der Waals surface area (Å²) >= 11 is 0. The molecule has 0 radical (unpaired) electrons. The average molecular weight is 523 g/mol. The van der Waals surface area contributed by atoms with Crippen LogP contribution in [0.4, 0.5) is 30.4 Å². The Hall–Kier alpha value is -3.82. The lowest BCUT2D eigenvalue weighted by atomic mass is 9.83. The Labute approximate surface area is 219 Å². The van der Waals surface area contributed by atoms with Crippen LogP contribution in [0.3, 0.4) is 0 Å². The van der Waals surface area contributed by atoms with E-state index in [2.05, 4.69) is 31.9 Å². The number of nitrogens with zero attached hydrogens (tertiary/aromatic N) is 6. The second-order valence-electron chi connectivity index (χ2n) is 10.1. The van der Waals surface area contributed by atoms with Crippen molar-refractivity contribution >= 4 is 23.1 Å². The quantitative estimate of drug-likeness (QED) is 0.523. The molecule has 38 heavy (non-hydrogen) atoms. The first-order valence-corrected chi connectivity index (χ1v) is 12.9. The van der Waals surface area contributed by atoms with E-state index < -0.39 is 11.7 Å². The minimum Gasteiger partial charge on any atom is -0.368 e. The van der Waals surface area contributed by atoms with E-state index in [-0.39, 0.29) is 17.9 Å². The number of anilines is 3. The summed E-state index contributed by atoms with van der Waals surface area (Å²) in [5.74, 6) is 0.704. The predicted octanol–water partition coefficient (Wildman–Crippen LogP) is 3.71. The average Bonchev–Trinajstić information content (AvgIpc) is 2.96. The molecule has 3 aliphatic heterocycles. The Morgan fingerprint density at radius 1 is 0.895 bits per heavy atom. The Bertz CT molecular complexity index is 1300. The summed E-state index contributed by atoms with van der Waals surface area (Å²) < 4.78 is 39.6. The molecule has 4 heterocycles. The smallest absolute Gasteiger partial charge is 0.368 e. The maximum atomic E-state index is 14.0. The molecule has 2 aromatic carbocycles. The summed E-state index contributed by atoms with van der Waals surface area (Å²) in [4.78, 5) is 31.1. The van der Waals surface area contributed by atoms with Crippen molar-refractivity contribution in [3.63, 3.8) is 0 Å². The number of amides is 1. The van der Waals surface area contributed by atoms with Gasteiger partial charge in [-0.15, -0.1) is 0 Å². The molecule has 10 heteroatoms. The highest BCUT2D eigenvalue weighted by Crippen LogP contribution is 2.38. The lowest BCUT2D eigenvalue weighted by Gasteiger charge is -2.50. The summed E-state index contributed by atoms with van der Waals surface area (Å²) in [6.45, 7) is 4.20. The first kappa shape index (κ1) is 24.5. The Morgan fingerprint density at radius 2 is 1.68 bits per heavy atom. The van der Waals surface area contributed by atoms with Crippen LogP contribution in [-0.2, 0) is 17.4 Å². The van der Waals surface area contributed by atoms with Gasteiger partial charge in [0, 0.05) is 69.6 Å². The molecule has 6 rings (SSSR count). The van der Waals surface area contributed by atoms with E-state index >= 15 is 0 Å². The fourth-order valence-corrected chi connectivity index (χ4v) is 6.00. The van der Waals surface area contributed by atoms with Gasteiger partial charge < -0.3 is 19.6 Å². The number of hydrogen-bond acceptors (Lipinski definition) is 6. The van der Waals surface area contributed by atoms with Crippen LogP contribution in [0.15, 0.2) is 67.1 Å². The molecule has 2 unspecified atom stereocenters. The minimum absolute atomic E-state index is 0.00495. The van der Waals surface area contributed by atoms with E-state index in [1.165, 1.54) is 23.4 Å². The Balaban J connectivity index is 1.20. The molecule has 2 atom stereocenters. The van der Waals surface area contributed by atoms with Gasteiger partial charge in [-0.1, -0.05) is 24.3 Å². The van der Waals surface area contributed by atoms with E-state index in [1.54, 1.807) is 24.7 Å². The van der Waals surface area contributed by atoms with Crippen molar-refractivity contribution in [1.29, 1.82) is 0 Å². The minimum atomic E-state index is -4.38. The standard InChI is InChI=1S/C28H29F3N6O/c29-28(30,31)21-5-3-6-22(17-21)34-10-12-35(13-11-34)27(38)23-16-20-4-1-2-7-24(20)37-15-14-36(19-25(23)37)26-18-32-8-9-33-26/h1-9,17-18,23,25H,10-16,19H2. The topological polar surface area (TPSA) is 55.8 Å². The number of piperazine rings is 2. The highest BCUT2D eigenvalue weighted by Gasteiger charge is 2.43. The first-order valence-electron chi connectivity index (χ1n) is 12.9. The fourth-order valence-electron chi connectivity index (χ4n) is 6.00. The molecule has 0 spiro atoms. The number of carbonyl (C=O) groups is 1. The second-order valence-corrected chi connectivity index (χ2v) is 10.1. The second kappa shape index (κ2) is 9.81. The number of hydrogen-bond donors (Lipinski definition) is 0. The van der Waals surface area contributed by atoms with Crippen molar-refractivity contribution in [2.24, 2.45) is 5.92 Å². The SMILES string of the molecule is O=C(C1Cc2ccccc2N2CCN(c3cnccn3)CC12)N1CCN(c2cccc(C(F)(F)F)c2)CC1. The molecule has 0 aliphatic carbocycles. The van der Waals surface area contributed by atoms with Crippen LogP contribution in [0.1, 0.15) is 11.1 Å². The van der Waals surface area contributed by atoms with Gasteiger partial charge in [0.15, 0.2) is 0 Å². The zero-order valence-corrected chi connectivity index (χ0v) is 20.9. The highest BCUT2D eigenvalue weighted by molar-refractivity contribution is 5.83. The number of para-hydroxylation sites is 1. The van der Waals surface area contributed by atoms with Gasteiger partial charge in [0.05, 0.1) is 23.7 Å². The van der Waals surface area contributed by atoms with Gasteiger partial charge in [0.2, 0.25) is 5.91 Å². The van der Waals surface area contributed by atoms with Crippen molar-refractivity contribution in [2.45, 2.75) is 18.6 Å². The van der Waals surface area contributed by atoms with Crippen LogP contribution in [0.2, 0.25) is 0 Å². The van der Waals surface area contributed by atoms with Crippen molar-refractivity contribution < 1.29 is 18.0 Å². The fraction of sp³-hybridized carbons (Fsp3) is 0.393. The molecule has 2 fully saturated rings. The third kappa shape index (κ3) is 4.63. The largest absolute Gasteiger partial charge is 0.416 e. The number of fused-ring (bicyclic) bond motifs is 3. The normalized spacial score (nSPS) is 21.7. The molecule has 1 aromatic heterocycles. The van der Waals surface area contributed by atoms with Gasteiger partial charge >= 0.3 is 6.18 Å².